The minimum Gasteiger partial charge on any atom is -0.350 e. The number of hydrazine groups is 1. The number of benzene rings is 2. The summed E-state index contributed by atoms with van der Waals surface area (Å²) in [6.45, 7) is 0. The van der Waals surface area contributed by atoms with Crippen LogP contribution in [0.5, 0.6) is 0 Å². The van der Waals surface area contributed by atoms with E-state index in [0.717, 1.165) is 11.1 Å². The molecule has 2 aromatic carbocycles. The van der Waals surface area contributed by atoms with Gasteiger partial charge in [-0.1, -0.05) is 48.5 Å². The average molecular weight is 279 g/mol. The highest BCUT2D eigenvalue weighted by atomic mass is 16.2. The summed E-state index contributed by atoms with van der Waals surface area (Å²) >= 11 is 0. The van der Waals surface area contributed by atoms with E-state index in [0.29, 0.717) is 11.3 Å². The van der Waals surface area contributed by atoms with Gasteiger partial charge in [0.15, 0.2) is 0 Å². The first kappa shape index (κ1) is 12.9. The first-order valence-corrected chi connectivity index (χ1v) is 6.43. The molecule has 0 aromatic heterocycles. The Balaban J connectivity index is 2.09. The summed E-state index contributed by atoms with van der Waals surface area (Å²) in [6.07, 6.45) is 1.80. The van der Waals surface area contributed by atoms with E-state index in [1.807, 2.05) is 42.5 Å². The third-order valence-corrected chi connectivity index (χ3v) is 3.20. The van der Waals surface area contributed by atoms with Crippen LogP contribution in [-0.2, 0) is 4.79 Å². The van der Waals surface area contributed by atoms with E-state index < -0.39 is 6.03 Å². The molecule has 2 aromatic rings. The largest absolute Gasteiger partial charge is 0.350 e. The van der Waals surface area contributed by atoms with Crippen molar-refractivity contribution in [3.8, 4) is 0 Å². The fraction of sp³-hybridized carbons (Fsp3) is 0. The van der Waals surface area contributed by atoms with Crippen LogP contribution in [0.15, 0.2) is 54.6 Å². The quantitative estimate of drug-likeness (QED) is 0.826. The third kappa shape index (κ3) is 2.36. The predicted molar refractivity (Wildman–Crippen MR) is 81.0 cm³/mol. The Morgan fingerprint density at radius 2 is 1.71 bits per heavy atom. The number of hydrogen-bond donors (Lipinski definition) is 2. The van der Waals surface area contributed by atoms with Crippen molar-refractivity contribution < 1.29 is 9.59 Å². The monoisotopic (exact) mass is 279 g/mol. The lowest BCUT2D eigenvalue weighted by molar-refractivity contribution is -0.113. The first-order valence-electron chi connectivity index (χ1n) is 6.43. The zero-order chi connectivity index (χ0) is 14.8. The minimum atomic E-state index is -0.779. The number of carbonyl (C=O) groups is 2. The predicted octanol–water partition coefficient (Wildman–Crippen LogP) is 2.16. The SMILES string of the molecule is NC(=O)NN1C(=O)C(=Cc2ccccc2)c2ccccc21. The van der Waals surface area contributed by atoms with Crippen molar-refractivity contribution in [2.24, 2.45) is 5.73 Å². The molecule has 0 unspecified atom stereocenters. The van der Waals surface area contributed by atoms with Crippen molar-refractivity contribution in [3.05, 3.63) is 65.7 Å². The molecule has 21 heavy (non-hydrogen) atoms. The number of nitrogens with zero attached hydrogens (tertiary/aromatic N) is 1. The molecular formula is C16H13N3O2. The van der Waals surface area contributed by atoms with E-state index in [-0.39, 0.29) is 5.91 Å². The first-order chi connectivity index (χ1) is 10.2. The molecule has 5 nitrogen and oxygen atoms in total. The van der Waals surface area contributed by atoms with Crippen molar-refractivity contribution in [2.45, 2.75) is 0 Å². The summed E-state index contributed by atoms with van der Waals surface area (Å²) < 4.78 is 0. The Bertz CT molecular complexity index is 738. The van der Waals surface area contributed by atoms with Gasteiger partial charge in [-0.15, -0.1) is 0 Å². The molecule has 1 aliphatic rings. The lowest BCUT2D eigenvalue weighted by Gasteiger charge is -2.15. The third-order valence-electron chi connectivity index (χ3n) is 3.20. The van der Waals surface area contributed by atoms with Crippen molar-refractivity contribution in [2.75, 3.05) is 5.01 Å². The smallest absolute Gasteiger partial charge is 0.331 e. The number of nitrogens with one attached hydrogen (secondary N) is 1. The van der Waals surface area contributed by atoms with Crippen LogP contribution >= 0.6 is 0 Å². The highest BCUT2D eigenvalue weighted by Crippen LogP contribution is 2.36. The number of amides is 3. The lowest BCUT2D eigenvalue weighted by Crippen LogP contribution is -2.46. The van der Waals surface area contributed by atoms with Gasteiger partial charge in [0.1, 0.15) is 0 Å². The molecule has 104 valence electrons. The molecule has 3 amide bonds. The van der Waals surface area contributed by atoms with E-state index in [1.165, 1.54) is 5.01 Å². The van der Waals surface area contributed by atoms with Crippen molar-refractivity contribution in [1.29, 1.82) is 0 Å². The van der Waals surface area contributed by atoms with Gasteiger partial charge in [0.25, 0.3) is 5.91 Å². The minimum absolute atomic E-state index is 0.307. The molecule has 0 saturated heterocycles. The number of nitrogens with two attached hydrogens (primary N) is 1. The van der Waals surface area contributed by atoms with E-state index in [9.17, 15) is 9.59 Å². The van der Waals surface area contributed by atoms with Crippen LogP contribution in [-0.4, -0.2) is 11.9 Å². The van der Waals surface area contributed by atoms with Gasteiger partial charge in [-0.25, -0.2) is 15.2 Å². The summed E-state index contributed by atoms with van der Waals surface area (Å²) in [7, 11) is 0. The Morgan fingerprint density at radius 3 is 2.43 bits per heavy atom. The van der Waals surface area contributed by atoms with Gasteiger partial charge in [-0.3, -0.25) is 4.79 Å². The maximum Gasteiger partial charge on any atom is 0.331 e. The summed E-state index contributed by atoms with van der Waals surface area (Å²) in [5.74, 6) is -0.307. The number of rotatable bonds is 2. The molecule has 0 atom stereocenters. The maximum atomic E-state index is 12.5. The highest BCUT2D eigenvalue weighted by Gasteiger charge is 2.32. The van der Waals surface area contributed by atoms with Gasteiger partial charge >= 0.3 is 6.03 Å². The molecule has 0 saturated carbocycles. The molecule has 0 aliphatic carbocycles. The summed E-state index contributed by atoms with van der Waals surface area (Å²) in [5, 5.41) is 1.17. The Labute approximate surface area is 121 Å². The number of hydrogen-bond acceptors (Lipinski definition) is 2. The second kappa shape index (κ2) is 5.13. The average Bonchev–Trinajstić information content (AvgIpc) is 2.74. The lowest BCUT2D eigenvalue weighted by atomic mass is 10.0. The van der Waals surface area contributed by atoms with Gasteiger partial charge in [-0.05, 0) is 17.7 Å². The summed E-state index contributed by atoms with van der Waals surface area (Å²) in [4.78, 5) is 23.6. The van der Waals surface area contributed by atoms with Crippen molar-refractivity contribution in [3.63, 3.8) is 0 Å². The number of para-hydroxylation sites is 1. The molecule has 1 heterocycles. The standard InChI is InChI=1S/C16H13N3O2/c17-16(21)18-19-14-9-5-4-8-12(14)13(15(19)20)10-11-6-2-1-3-7-11/h1-10H,(H3,17,18,21). The van der Waals surface area contributed by atoms with Crippen LogP contribution in [0.2, 0.25) is 0 Å². The zero-order valence-electron chi connectivity index (χ0n) is 11.1. The fourth-order valence-corrected chi connectivity index (χ4v) is 2.32. The van der Waals surface area contributed by atoms with Gasteiger partial charge in [-0.2, -0.15) is 0 Å². The number of primary amides is 1. The highest BCUT2D eigenvalue weighted by molar-refractivity contribution is 6.35. The van der Waals surface area contributed by atoms with E-state index in [2.05, 4.69) is 5.43 Å². The number of urea groups is 1. The topological polar surface area (TPSA) is 75.4 Å². The summed E-state index contributed by atoms with van der Waals surface area (Å²) in [6, 6.07) is 16.0. The Kier molecular flexibility index (Phi) is 3.16. The van der Waals surface area contributed by atoms with E-state index >= 15 is 0 Å². The molecule has 0 spiro atoms. The van der Waals surface area contributed by atoms with E-state index in [4.69, 9.17) is 5.73 Å². The Morgan fingerprint density at radius 1 is 1.05 bits per heavy atom. The molecule has 3 N–H and O–H groups in total. The molecule has 0 fully saturated rings. The number of carbonyl (C=O) groups excluding carboxylic acids is 2. The van der Waals surface area contributed by atoms with E-state index in [1.54, 1.807) is 18.2 Å². The van der Waals surface area contributed by atoms with Crippen LogP contribution in [0.1, 0.15) is 11.1 Å². The summed E-state index contributed by atoms with van der Waals surface area (Å²) in [5.41, 5.74) is 10.3. The van der Waals surface area contributed by atoms with Gasteiger partial charge in [0.2, 0.25) is 0 Å². The van der Waals surface area contributed by atoms with Gasteiger partial charge in [0, 0.05) is 5.56 Å². The molecule has 1 aliphatic heterocycles. The Hall–Kier alpha value is -3.08. The van der Waals surface area contributed by atoms with Crippen molar-refractivity contribution >= 4 is 29.3 Å². The van der Waals surface area contributed by atoms with Crippen LogP contribution < -0.4 is 16.2 Å². The molecule has 0 radical (unpaired) electrons. The van der Waals surface area contributed by atoms with Crippen LogP contribution in [0, 0.1) is 0 Å². The van der Waals surface area contributed by atoms with Gasteiger partial charge in [0.05, 0.1) is 11.3 Å². The van der Waals surface area contributed by atoms with Crippen molar-refractivity contribution in [1.82, 2.24) is 5.43 Å². The number of fused-ring (bicyclic) bond motifs is 1. The normalized spacial score (nSPS) is 15.1. The second-order valence-corrected chi connectivity index (χ2v) is 4.60. The molecular weight excluding hydrogens is 266 g/mol. The van der Waals surface area contributed by atoms with Crippen LogP contribution in [0.3, 0.4) is 0 Å². The van der Waals surface area contributed by atoms with Crippen LogP contribution in [0.4, 0.5) is 10.5 Å². The molecule has 0 bridgehead atoms. The molecule has 5 heteroatoms. The van der Waals surface area contributed by atoms with Crippen LogP contribution in [0.25, 0.3) is 11.6 Å². The number of anilines is 1. The molecule has 3 rings (SSSR count). The second-order valence-electron chi connectivity index (χ2n) is 4.60. The van der Waals surface area contributed by atoms with Gasteiger partial charge < -0.3 is 5.73 Å². The maximum absolute atomic E-state index is 12.5. The zero-order valence-corrected chi connectivity index (χ0v) is 11.1. The fourth-order valence-electron chi connectivity index (χ4n) is 2.32.